The first-order valence-corrected chi connectivity index (χ1v) is 9.47. The maximum absolute atomic E-state index is 12.6. The molecule has 126 valence electrons. The molecule has 1 heterocycles. The van der Waals surface area contributed by atoms with Gasteiger partial charge in [0.25, 0.3) is 5.91 Å². The van der Waals surface area contributed by atoms with Crippen molar-refractivity contribution >= 4 is 15.9 Å². The monoisotopic (exact) mass is 338 g/mol. The van der Waals surface area contributed by atoms with Gasteiger partial charge < -0.3 is 9.64 Å². The van der Waals surface area contributed by atoms with Gasteiger partial charge in [0.15, 0.2) is 0 Å². The van der Waals surface area contributed by atoms with Gasteiger partial charge in [0.05, 0.1) is 11.0 Å². The SMILES string of the molecule is CC1CN(C(=O)c2ccc(S(=O)(=O)NC3CC3)cc2)CCCO1. The summed E-state index contributed by atoms with van der Waals surface area (Å²) in [5, 5.41) is 0. The normalized spacial score (nSPS) is 22.7. The van der Waals surface area contributed by atoms with Crippen LogP contribution in [0.3, 0.4) is 0 Å². The molecule has 1 amide bonds. The fraction of sp³-hybridized carbons (Fsp3) is 0.562. The number of rotatable bonds is 4. The molecule has 0 spiro atoms. The third kappa shape index (κ3) is 4.10. The van der Waals surface area contributed by atoms with Gasteiger partial charge in [-0.15, -0.1) is 0 Å². The van der Waals surface area contributed by atoms with Crippen molar-refractivity contribution in [2.75, 3.05) is 19.7 Å². The largest absolute Gasteiger partial charge is 0.377 e. The molecular weight excluding hydrogens is 316 g/mol. The van der Waals surface area contributed by atoms with Gasteiger partial charge in [-0.05, 0) is 50.5 Å². The number of benzene rings is 1. The van der Waals surface area contributed by atoms with E-state index in [2.05, 4.69) is 4.72 Å². The second kappa shape index (κ2) is 6.59. The number of sulfonamides is 1. The number of nitrogens with zero attached hydrogens (tertiary/aromatic N) is 1. The van der Waals surface area contributed by atoms with E-state index in [1.165, 1.54) is 12.1 Å². The molecule has 7 heteroatoms. The summed E-state index contributed by atoms with van der Waals surface area (Å²) in [7, 11) is -3.47. The van der Waals surface area contributed by atoms with E-state index in [1.807, 2.05) is 6.92 Å². The molecule has 2 aliphatic rings. The summed E-state index contributed by atoms with van der Waals surface area (Å²) in [4.78, 5) is 14.5. The second-order valence-electron chi connectivity index (χ2n) is 6.21. The van der Waals surface area contributed by atoms with E-state index in [4.69, 9.17) is 4.74 Å². The second-order valence-corrected chi connectivity index (χ2v) is 7.92. The van der Waals surface area contributed by atoms with Crippen molar-refractivity contribution in [3.05, 3.63) is 29.8 Å². The Kier molecular flexibility index (Phi) is 4.70. The Hall–Kier alpha value is -1.44. The molecule has 1 unspecified atom stereocenters. The fourth-order valence-corrected chi connectivity index (χ4v) is 3.93. The van der Waals surface area contributed by atoms with E-state index in [0.717, 1.165) is 19.3 Å². The third-order valence-corrected chi connectivity index (χ3v) is 5.59. The summed E-state index contributed by atoms with van der Waals surface area (Å²) >= 11 is 0. The fourth-order valence-electron chi connectivity index (χ4n) is 2.63. The van der Waals surface area contributed by atoms with Crippen molar-refractivity contribution < 1.29 is 17.9 Å². The topological polar surface area (TPSA) is 75.7 Å². The molecule has 1 saturated carbocycles. The van der Waals surface area contributed by atoms with Gasteiger partial charge in [0.1, 0.15) is 0 Å². The van der Waals surface area contributed by atoms with Gasteiger partial charge in [0.2, 0.25) is 10.0 Å². The molecule has 0 aromatic heterocycles. The van der Waals surface area contributed by atoms with Crippen LogP contribution in [-0.4, -0.2) is 51.1 Å². The highest BCUT2D eigenvalue weighted by Gasteiger charge is 2.28. The molecule has 1 aromatic carbocycles. The smallest absolute Gasteiger partial charge is 0.253 e. The summed E-state index contributed by atoms with van der Waals surface area (Å²) < 4.78 is 32.4. The first-order valence-electron chi connectivity index (χ1n) is 7.99. The van der Waals surface area contributed by atoms with Crippen LogP contribution in [0.25, 0.3) is 0 Å². The van der Waals surface area contributed by atoms with Crippen molar-refractivity contribution in [2.45, 2.75) is 43.2 Å². The van der Waals surface area contributed by atoms with Gasteiger partial charge in [-0.25, -0.2) is 13.1 Å². The van der Waals surface area contributed by atoms with Crippen LogP contribution in [-0.2, 0) is 14.8 Å². The predicted molar refractivity (Wildman–Crippen MR) is 85.7 cm³/mol. The van der Waals surface area contributed by atoms with Crippen LogP contribution in [0.15, 0.2) is 29.2 Å². The maximum Gasteiger partial charge on any atom is 0.253 e. The summed E-state index contributed by atoms with van der Waals surface area (Å²) in [5.74, 6) is -0.0820. The Bertz CT molecular complexity index is 668. The minimum atomic E-state index is -3.47. The minimum absolute atomic E-state index is 0.0174. The molecule has 1 aliphatic carbocycles. The molecule has 1 atom stereocenters. The summed E-state index contributed by atoms with van der Waals surface area (Å²) in [6, 6.07) is 6.23. The van der Waals surface area contributed by atoms with Gasteiger partial charge in [-0.1, -0.05) is 0 Å². The number of carbonyl (C=O) groups excluding carboxylic acids is 1. The highest BCUT2D eigenvalue weighted by molar-refractivity contribution is 7.89. The van der Waals surface area contributed by atoms with E-state index in [-0.39, 0.29) is 22.9 Å². The zero-order valence-corrected chi connectivity index (χ0v) is 14.0. The van der Waals surface area contributed by atoms with Gasteiger partial charge in [0, 0.05) is 31.3 Å². The van der Waals surface area contributed by atoms with Crippen molar-refractivity contribution in [3.8, 4) is 0 Å². The quantitative estimate of drug-likeness (QED) is 0.900. The molecule has 2 fully saturated rings. The summed E-state index contributed by atoms with van der Waals surface area (Å²) in [6.45, 7) is 3.83. The number of amides is 1. The standard InChI is InChI=1S/C16H22N2O4S/c1-12-11-18(9-2-10-22-12)16(19)13-3-7-15(8-4-13)23(20,21)17-14-5-6-14/h3-4,7-8,12,14,17H,2,5-6,9-11H2,1H3. The van der Waals surface area contributed by atoms with Crippen LogP contribution >= 0.6 is 0 Å². The first-order chi connectivity index (χ1) is 11.0. The van der Waals surface area contributed by atoms with Crippen LogP contribution in [0.4, 0.5) is 0 Å². The predicted octanol–water partition coefficient (Wildman–Crippen LogP) is 1.38. The Balaban J connectivity index is 1.72. The van der Waals surface area contributed by atoms with E-state index in [1.54, 1.807) is 17.0 Å². The van der Waals surface area contributed by atoms with Crippen molar-refractivity contribution in [2.24, 2.45) is 0 Å². The lowest BCUT2D eigenvalue weighted by Crippen LogP contribution is -2.36. The van der Waals surface area contributed by atoms with Crippen molar-refractivity contribution in [3.63, 3.8) is 0 Å². The van der Waals surface area contributed by atoms with Crippen LogP contribution in [0, 0.1) is 0 Å². The van der Waals surface area contributed by atoms with Crippen LogP contribution in [0.5, 0.6) is 0 Å². The minimum Gasteiger partial charge on any atom is -0.377 e. The molecule has 0 bridgehead atoms. The van der Waals surface area contributed by atoms with Crippen LogP contribution in [0.2, 0.25) is 0 Å². The van der Waals surface area contributed by atoms with Gasteiger partial charge >= 0.3 is 0 Å². The Morgan fingerprint density at radius 1 is 1.26 bits per heavy atom. The zero-order chi connectivity index (χ0) is 16.4. The molecule has 1 saturated heterocycles. The Morgan fingerprint density at radius 3 is 2.61 bits per heavy atom. The lowest BCUT2D eigenvalue weighted by molar-refractivity contribution is 0.0562. The molecule has 1 aliphatic heterocycles. The highest BCUT2D eigenvalue weighted by Crippen LogP contribution is 2.22. The van der Waals surface area contributed by atoms with E-state index < -0.39 is 10.0 Å². The van der Waals surface area contributed by atoms with Crippen molar-refractivity contribution in [1.82, 2.24) is 9.62 Å². The lowest BCUT2D eigenvalue weighted by atomic mass is 10.2. The number of hydrogen-bond donors (Lipinski definition) is 1. The molecule has 1 N–H and O–H groups in total. The average molecular weight is 338 g/mol. The molecule has 23 heavy (non-hydrogen) atoms. The maximum atomic E-state index is 12.6. The Labute approximate surface area is 136 Å². The zero-order valence-electron chi connectivity index (χ0n) is 13.2. The molecule has 3 rings (SSSR count). The lowest BCUT2D eigenvalue weighted by Gasteiger charge is -2.22. The number of ether oxygens (including phenoxy) is 1. The number of nitrogens with one attached hydrogen (secondary N) is 1. The number of hydrogen-bond acceptors (Lipinski definition) is 4. The first kappa shape index (κ1) is 16.4. The molecule has 6 nitrogen and oxygen atoms in total. The molecule has 1 aromatic rings. The Morgan fingerprint density at radius 2 is 1.96 bits per heavy atom. The summed E-state index contributed by atoms with van der Waals surface area (Å²) in [5.41, 5.74) is 0.504. The highest BCUT2D eigenvalue weighted by atomic mass is 32.2. The van der Waals surface area contributed by atoms with Gasteiger partial charge in [-0.3, -0.25) is 4.79 Å². The van der Waals surface area contributed by atoms with Crippen LogP contribution in [0.1, 0.15) is 36.5 Å². The van der Waals surface area contributed by atoms with E-state index in [9.17, 15) is 13.2 Å². The van der Waals surface area contributed by atoms with Crippen LogP contribution < -0.4 is 4.72 Å². The molecule has 0 radical (unpaired) electrons. The van der Waals surface area contributed by atoms with Crippen molar-refractivity contribution in [1.29, 1.82) is 0 Å². The summed E-state index contributed by atoms with van der Waals surface area (Å²) in [6.07, 6.45) is 2.62. The third-order valence-electron chi connectivity index (χ3n) is 4.05. The van der Waals surface area contributed by atoms with E-state index >= 15 is 0 Å². The number of carbonyl (C=O) groups is 1. The van der Waals surface area contributed by atoms with Gasteiger partial charge in [-0.2, -0.15) is 0 Å². The molecular formula is C16H22N2O4S. The van der Waals surface area contributed by atoms with E-state index in [0.29, 0.717) is 25.3 Å². The average Bonchev–Trinajstić information content (AvgIpc) is 3.34.